The third-order valence-corrected chi connectivity index (χ3v) is 7.71. The highest BCUT2D eigenvalue weighted by Gasteiger charge is 2.60. The Morgan fingerprint density at radius 3 is 2.32 bits per heavy atom. The van der Waals surface area contributed by atoms with Gasteiger partial charge in [-0.05, 0) is 68.5 Å². The number of aromatic nitrogens is 4. The SMILES string of the molecule is Cc1nc(C(F)(F)F)ccc1-c1nnc(CCCCN2C[C@@H]3C[C@]3(c3ccc(C(F)(F)F)cc3)C2)n1C. The molecule has 0 N–H and O–H groups in total. The maximum Gasteiger partial charge on any atom is 0.433 e. The van der Waals surface area contributed by atoms with Crippen LogP contribution in [0.15, 0.2) is 36.4 Å². The summed E-state index contributed by atoms with van der Waals surface area (Å²) in [4.78, 5) is 6.06. The van der Waals surface area contributed by atoms with Gasteiger partial charge >= 0.3 is 12.4 Å². The van der Waals surface area contributed by atoms with E-state index in [0.717, 1.165) is 56.4 Å². The van der Waals surface area contributed by atoms with Crippen LogP contribution in [0.1, 0.15) is 47.6 Å². The molecule has 1 aromatic carbocycles. The summed E-state index contributed by atoms with van der Waals surface area (Å²) in [5.41, 5.74) is 0.182. The van der Waals surface area contributed by atoms with E-state index in [1.54, 1.807) is 23.7 Å². The molecule has 2 aliphatic rings. The summed E-state index contributed by atoms with van der Waals surface area (Å²) >= 11 is 0. The zero-order valence-corrected chi connectivity index (χ0v) is 20.5. The fourth-order valence-corrected chi connectivity index (χ4v) is 5.58. The molecule has 0 unspecified atom stereocenters. The van der Waals surface area contributed by atoms with Gasteiger partial charge in [-0.1, -0.05) is 12.1 Å². The van der Waals surface area contributed by atoms with Gasteiger partial charge in [-0.2, -0.15) is 26.3 Å². The Morgan fingerprint density at radius 1 is 0.946 bits per heavy atom. The van der Waals surface area contributed by atoms with E-state index in [1.165, 1.54) is 25.1 Å². The summed E-state index contributed by atoms with van der Waals surface area (Å²) in [5, 5.41) is 8.42. The molecule has 3 heterocycles. The van der Waals surface area contributed by atoms with Crippen LogP contribution in [0.25, 0.3) is 11.4 Å². The van der Waals surface area contributed by atoms with Crippen molar-refractivity contribution in [3.05, 3.63) is 64.7 Å². The number of fused-ring (bicyclic) bond motifs is 1. The number of halogens is 6. The van der Waals surface area contributed by atoms with Crippen molar-refractivity contribution in [3.63, 3.8) is 0 Å². The number of hydrogen-bond acceptors (Lipinski definition) is 4. The Hall–Kier alpha value is -2.95. The number of pyridine rings is 1. The van der Waals surface area contributed by atoms with Crippen molar-refractivity contribution in [1.82, 2.24) is 24.6 Å². The second-order valence-electron chi connectivity index (χ2n) is 10.2. The summed E-state index contributed by atoms with van der Waals surface area (Å²) in [7, 11) is 1.80. The molecular formula is C26H27F6N5. The minimum absolute atomic E-state index is 0.0177. The number of nitrogens with zero attached hydrogens (tertiary/aromatic N) is 5. The highest BCUT2D eigenvalue weighted by Crippen LogP contribution is 2.59. The van der Waals surface area contributed by atoms with Crippen molar-refractivity contribution in [3.8, 4) is 11.4 Å². The number of unbranched alkanes of at least 4 members (excludes halogenated alkanes) is 1. The minimum atomic E-state index is -4.50. The van der Waals surface area contributed by atoms with Crippen molar-refractivity contribution in [2.75, 3.05) is 19.6 Å². The predicted molar refractivity (Wildman–Crippen MR) is 125 cm³/mol. The lowest BCUT2D eigenvalue weighted by Gasteiger charge is -2.21. The smallest absolute Gasteiger partial charge is 0.314 e. The first kappa shape index (κ1) is 25.7. The van der Waals surface area contributed by atoms with Crippen LogP contribution >= 0.6 is 0 Å². The van der Waals surface area contributed by atoms with E-state index < -0.39 is 23.6 Å². The molecule has 2 fully saturated rings. The summed E-state index contributed by atoms with van der Waals surface area (Å²) in [6.45, 7) is 4.23. The number of hydrogen-bond donors (Lipinski definition) is 0. The maximum atomic E-state index is 12.9. The zero-order chi connectivity index (χ0) is 26.6. The third kappa shape index (κ3) is 4.97. The number of piperidine rings is 1. The van der Waals surface area contributed by atoms with Gasteiger partial charge in [-0.3, -0.25) is 0 Å². The summed E-state index contributed by atoms with van der Waals surface area (Å²) in [6.07, 6.45) is -5.32. The number of likely N-dealkylation sites (tertiary alicyclic amines) is 1. The van der Waals surface area contributed by atoms with Crippen LogP contribution < -0.4 is 0 Å². The number of benzene rings is 1. The van der Waals surface area contributed by atoms with Gasteiger partial charge in [0, 0.05) is 43.2 Å². The van der Waals surface area contributed by atoms with E-state index >= 15 is 0 Å². The van der Waals surface area contributed by atoms with E-state index in [1.807, 2.05) is 0 Å². The van der Waals surface area contributed by atoms with E-state index in [4.69, 9.17) is 0 Å². The van der Waals surface area contributed by atoms with Crippen LogP contribution in [0.3, 0.4) is 0 Å². The monoisotopic (exact) mass is 523 g/mol. The molecule has 2 atom stereocenters. The predicted octanol–water partition coefficient (Wildman–Crippen LogP) is 5.82. The molecule has 1 aliphatic heterocycles. The third-order valence-electron chi connectivity index (χ3n) is 7.71. The normalized spacial score (nSPS) is 21.9. The Kier molecular flexibility index (Phi) is 6.32. The Labute approximate surface area is 210 Å². The molecular weight excluding hydrogens is 496 g/mol. The zero-order valence-electron chi connectivity index (χ0n) is 20.5. The van der Waals surface area contributed by atoms with Crippen molar-refractivity contribution >= 4 is 0 Å². The van der Waals surface area contributed by atoms with Crippen molar-refractivity contribution in [1.29, 1.82) is 0 Å². The van der Waals surface area contributed by atoms with E-state index in [9.17, 15) is 26.3 Å². The molecule has 2 aromatic heterocycles. The number of alkyl halides is 6. The molecule has 0 radical (unpaired) electrons. The van der Waals surface area contributed by atoms with Gasteiger partial charge in [-0.15, -0.1) is 10.2 Å². The molecule has 11 heteroatoms. The highest BCUT2D eigenvalue weighted by molar-refractivity contribution is 5.58. The summed E-state index contributed by atoms with van der Waals surface area (Å²) in [6, 6.07) is 7.95. The largest absolute Gasteiger partial charge is 0.433 e. The molecule has 198 valence electrons. The van der Waals surface area contributed by atoms with Gasteiger partial charge in [0.2, 0.25) is 0 Å². The second kappa shape index (κ2) is 9.11. The fraction of sp³-hybridized carbons (Fsp3) is 0.500. The molecule has 0 spiro atoms. The van der Waals surface area contributed by atoms with Gasteiger partial charge in [-0.25, -0.2) is 4.98 Å². The van der Waals surface area contributed by atoms with Crippen LogP contribution in [0, 0.1) is 12.8 Å². The summed E-state index contributed by atoms with van der Waals surface area (Å²) < 4.78 is 79.2. The number of aryl methyl sites for hydroxylation is 2. The molecule has 1 saturated heterocycles. The van der Waals surface area contributed by atoms with Gasteiger partial charge < -0.3 is 9.47 Å². The average Bonchev–Trinajstić information content (AvgIpc) is 3.21. The molecule has 5 rings (SSSR count). The molecule has 1 aliphatic carbocycles. The standard InChI is InChI=1S/C26H27F6N5/c1-16-20(10-11-21(33-16)26(30,31)32)23-35-34-22(36(23)2)5-3-4-12-37-14-19-13-24(19,15-37)17-6-8-18(9-7-17)25(27,28)29/h6-11,19H,3-5,12-15H2,1-2H3/t19-,24+/m0/s1. The van der Waals surface area contributed by atoms with Gasteiger partial charge in [0.05, 0.1) is 5.56 Å². The van der Waals surface area contributed by atoms with Crippen LogP contribution in [-0.4, -0.2) is 44.3 Å². The van der Waals surface area contributed by atoms with Gasteiger partial charge in [0.25, 0.3) is 0 Å². The van der Waals surface area contributed by atoms with E-state index in [0.29, 0.717) is 23.7 Å². The lowest BCUT2D eigenvalue weighted by atomic mass is 9.94. The molecule has 0 amide bonds. The van der Waals surface area contributed by atoms with Crippen molar-refractivity contribution in [2.24, 2.45) is 13.0 Å². The second-order valence-corrected chi connectivity index (χ2v) is 10.2. The molecule has 3 aromatic rings. The lowest BCUT2D eigenvalue weighted by molar-refractivity contribution is -0.141. The van der Waals surface area contributed by atoms with E-state index in [-0.39, 0.29) is 11.1 Å². The molecule has 0 bridgehead atoms. The molecule has 1 saturated carbocycles. The fourth-order valence-electron chi connectivity index (χ4n) is 5.58. The highest BCUT2D eigenvalue weighted by atomic mass is 19.4. The van der Waals surface area contributed by atoms with E-state index in [2.05, 4.69) is 20.1 Å². The Morgan fingerprint density at radius 2 is 1.68 bits per heavy atom. The lowest BCUT2D eigenvalue weighted by Crippen LogP contribution is -2.27. The Bertz CT molecular complexity index is 1280. The maximum absolute atomic E-state index is 12.9. The minimum Gasteiger partial charge on any atom is -0.314 e. The molecule has 5 nitrogen and oxygen atoms in total. The Balaban J connectivity index is 1.14. The molecule has 37 heavy (non-hydrogen) atoms. The van der Waals surface area contributed by atoms with Gasteiger partial charge in [0.15, 0.2) is 5.82 Å². The van der Waals surface area contributed by atoms with Crippen LogP contribution in [0.5, 0.6) is 0 Å². The first-order chi connectivity index (χ1) is 17.4. The first-order valence-corrected chi connectivity index (χ1v) is 12.2. The van der Waals surface area contributed by atoms with Crippen LogP contribution in [0.2, 0.25) is 0 Å². The summed E-state index contributed by atoms with van der Waals surface area (Å²) in [5.74, 6) is 1.72. The quantitative estimate of drug-likeness (QED) is 0.289. The van der Waals surface area contributed by atoms with Crippen LogP contribution in [0.4, 0.5) is 26.3 Å². The average molecular weight is 524 g/mol. The van der Waals surface area contributed by atoms with Crippen molar-refractivity contribution in [2.45, 2.75) is 50.4 Å². The van der Waals surface area contributed by atoms with Crippen molar-refractivity contribution < 1.29 is 26.3 Å². The van der Waals surface area contributed by atoms with Crippen LogP contribution in [-0.2, 0) is 31.2 Å². The topological polar surface area (TPSA) is 46.8 Å². The first-order valence-electron chi connectivity index (χ1n) is 12.2. The number of rotatable bonds is 7. The van der Waals surface area contributed by atoms with Gasteiger partial charge in [0.1, 0.15) is 11.5 Å².